The molecule has 0 amide bonds. The monoisotopic (exact) mass is 720 g/mol. The van der Waals surface area contributed by atoms with Crippen LogP contribution in [-0.4, -0.2) is 0 Å². The summed E-state index contributed by atoms with van der Waals surface area (Å²) in [7, 11) is 0. The molecule has 0 aliphatic heterocycles. The second-order valence-electron chi connectivity index (χ2n) is 18.4. The molecule has 1 heteroatoms. The first-order chi connectivity index (χ1) is 27.5. The summed E-state index contributed by atoms with van der Waals surface area (Å²) in [6.45, 7) is 4.75. The molecule has 0 saturated heterocycles. The van der Waals surface area contributed by atoms with Gasteiger partial charge in [0.25, 0.3) is 0 Å². The van der Waals surface area contributed by atoms with Gasteiger partial charge in [0.05, 0.1) is 0 Å². The third-order valence-electron chi connectivity index (χ3n) is 15.5. The number of para-hydroxylation sites is 2. The summed E-state index contributed by atoms with van der Waals surface area (Å²) in [5.74, 6) is 3.26. The van der Waals surface area contributed by atoms with Gasteiger partial charge in [0.15, 0.2) is 0 Å². The highest BCUT2D eigenvalue weighted by Crippen LogP contribution is 2.70. The fourth-order valence-electron chi connectivity index (χ4n) is 13.4. The van der Waals surface area contributed by atoms with Crippen LogP contribution in [-0.2, 0) is 10.8 Å². The summed E-state index contributed by atoms with van der Waals surface area (Å²) in [6.07, 6.45) is 6.99. The lowest BCUT2D eigenvalue weighted by molar-refractivity contribution is -0.0399. The van der Waals surface area contributed by atoms with E-state index in [0.29, 0.717) is 0 Å². The fourth-order valence-corrected chi connectivity index (χ4v) is 13.4. The summed E-state index contributed by atoms with van der Waals surface area (Å²) in [5, 5.41) is 2.36. The summed E-state index contributed by atoms with van der Waals surface area (Å²) in [6, 6.07) is 55.4. The molecule has 0 atom stereocenters. The van der Waals surface area contributed by atoms with Gasteiger partial charge in [-0.2, -0.15) is 0 Å². The highest BCUT2D eigenvalue weighted by molar-refractivity contribution is 6.12. The smallest absolute Gasteiger partial charge is 0.143 e. The van der Waals surface area contributed by atoms with Crippen LogP contribution in [0.4, 0.5) is 0 Å². The zero-order chi connectivity index (χ0) is 36.9. The van der Waals surface area contributed by atoms with Crippen LogP contribution in [0.1, 0.15) is 68.2 Å². The first-order valence-corrected chi connectivity index (χ1v) is 21.0. The summed E-state index contributed by atoms with van der Waals surface area (Å²) in [5.41, 5.74) is 21.3. The molecule has 1 aromatic heterocycles. The maximum atomic E-state index is 6.76. The molecular formula is C55H44O. The van der Waals surface area contributed by atoms with E-state index < -0.39 is 0 Å². The molecule has 0 unspecified atom stereocenters. The second kappa shape index (κ2) is 11.0. The molecule has 7 aromatic carbocycles. The SMILES string of the molecule is CC1(C)c2ccccc2-c2ccc(-c3ccc(-c4c(-c5cccc6c5oc5ccccc56)ccc5c4-c4ccccc4C54C5CC6CC(C5)CC4C6)cc3)cc21. The van der Waals surface area contributed by atoms with Gasteiger partial charge in [-0.3, -0.25) is 0 Å². The zero-order valence-corrected chi connectivity index (χ0v) is 32.1. The van der Waals surface area contributed by atoms with E-state index in [1.807, 2.05) is 0 Å². The average molecular weight is 721 g/mol. The van der Waals surface area contributed by atoms with E-state index in [-0.39, 0.29) is 10.8 Å². The van der Waals surface area contributed by atoms with Crippen molar-refractivity contribution < 1.29 is 4.42 Å². The van der Waals surface area contributed by atoms with Crippen molar-refractivity contribution in [3.63, 3.8) is 0 Å². The Balaban J connectivity index is 1.03. The molecule has 56 heavy (non-hydrogen) atoms. The predicted octanol–water partition coefficient (Wildman–Crippen LogP) is 14.6. The lowest BCUT2D eigenvalue weighted by atomic mass is 9.43. The lowest BCUT2D eigenvalue weighted by Gasteiger charge is -2.61. The Morgan fingerprint density at radius 1 is 0.429 bits per heavy atom. The number of furan rings is 1. The van der Waals surface area contributed by atoms with Crippen LogP contribution in [0.25, 0.3) is 77.6 Å². The van der Waals surface area contributed by atoms with Gasteiger partial charge < -0.3 is 4.42 Å². The van der Waals surface area contributed by atoms with Crippen LogP contribution in [0.3, 0.4) is 0 Å². The van der Waals surface area contributed by atoms with Gasteiger partial charge in [0.1, 0.15) is 11.2 Å². The van der Waals surface area contributed by atoms with Crippen molar-refractivity contribution in [2.75, 3.05) is 0 Å². The summed E-state index contributed by atoms with van der Waals surface area (Å²) in [4.78, 5) is 0. The van der Waals surface area contributed by atoms with Crippen molar-refractivity contribution in [2.45, 2.75) is 56.8 Å². The van der Waals surface area contributed by atoms with Gasteiger partial charge in [0, 0.05) is 27.2 Å². The normalized spacial score (nSPS) is 24.5. The van der Waals surface area contributed by atoms with Gasteiger partial charge >= 0.3 is 0 Å². The van der Waals surface area contributed by atoms with E-state index in [9.17, 15) is 0 Å². The molecule has 4 saturated carbocycles. The quantitative estimate of drug-likeness (QED) is 0.177. The Morgan fingerprint density at radius 3 is 1.84 bits per heavy atom. The van der Waals surface area contributed by atoms with Crippen LogP contribution in [0, 0.1) is 23.7 Å². The van der Waals surface area contributed by atoms with Gasteiger partial charge in [-0.25, -0.2) is 0 Å². The largest absolute Gasteiger partial charge is 0.455 e. The number of hydrogen-bond acceptors (Lipinski definition) is 1. The van der Waals surface area contributed by atoms with Crippen molar-refractivity contribution in [1.82, 2.24) is 0 Å². The van der Waals surface area contributed by atoms with E-state index in [1.54, 1.807) is 11.1 Å². The first kappa shape index (κ1) is 31.5. The molecule has 6 aliphatic carbocycles. The number of hydrogen-bond donors (Lipinski definition) is 0. The van der Waals surface area contributed by atoms with E-state index in [4.69, 9.17) is 4.42 Å². The van der Waals surface area contributed by atoms with E-state index >= 15 is 0 Å². The lowest BCUT2D eigenvalue weighted by Crippen LogP contribution is -2.55. The molecule has 1 spiro atoms. The van der Waals surface area contributed by atoms with Crippen LogP contribution < -0.4 is 0 Å². The molecule has 0 radical (unpaired) electrons. The maximum absolute atomic E-state index is 6.76. The highest BCUT2D eigenvalue weighted by Gasteiger charge is 2.61. The van der Waals surface area contributed by atoms with Crippen LogP contribution in [0.5, 0.6) is 0 Å². The van der Waals surface area contributed by atoms with E-state index in [0.717, 1.165) is 34.8 Å². The van der Waals surface area contributed by atoms with Gasteiger partial charge in [-0.15, -0.1) is 0 Å². The van der Waals surface area contributed by atoms with Crippen LogP contribution in [0.15, 0.2) is 150 Å². The zero-order valence-electron chi connectivity index (χ0n) is 32.1. The summed E-state index contributed by atoms with van der Waals surface area (Å²) >= 11 is 0. The topological polar surface area (TPSA) is 13.1 Å². The molecule has 6 aliphatic rings. The third kappa shape index (κ3) is 3.96. The standard InChI is InChI=1S/C55H44O/c1-54(2)46-15-6-3-10-39(46)40-23-22-36(31-49(40)54)34-18-20-35(21-19-34)51-42(44-14-9-13-43-41-11-5-8-17-50(41)56-53(43)44)24-25-48-52(51)45-12-4-7-16-47(45)55(48)37-27-32-26-33(29-37)30-38(55)28-32/h3-25,31-33,37-38H,26-30H2,1-2H3. The molecule has 1 heterocycles. The average Bonchev–Trinajstić information content (AvgIpc) is 3.84. The minimum atomic E-state index is -0.0275. The van der Waals surface area contributed by atoms with Crippen LogP contribution in [0.2, 0.25) is 0 Å². The van der Waals surface area contributed by atoms with Crippen molar-refractivity contribution in [3.8, 4) is 55.6 Å². The van der Waals surface area contributed by atoms with Crippen molar-refractivity contribution in [3.05, 3.63) is 168 Å². The van der Waals surface area contributed by atoms with Gasteiger partial charge in [-0.1, -0.05) is 147 Å². The Morgan fingerprint density at radius 2 is 1.04 bits per heavy atom. The number of benzene rings is 7. The van der Waals surface area contributed by atoms with Gasteiger partial charge in [0.2, 0.25) is 0 Å². The highest BCUT2D eigenvalue weighted by atomic mass is 16.3. The number of fused-ring (bicyclic) bond motifs is 9. The molecule has 4 bridgehead atoms. The van der Waals surface area contributed by atoms with Gasteiger partial charge in [-0.05, 0) is 140 Å². The maximum Gasteiger partial charge on any atom is 0.143 e. The summed E-state index contributed by atoms with van der Waals surface area (Å²) < 4.78 is 6.76. The third-order valence-corrected chi connectivity index (χ3v) is 15.5. The molecule has 4 fully saturated rings. The Labute approximate surface area is 329 Å². The van der Waals surface area contributed by atoms with Crippen molar-refractivity contribution >= 4 is 21.9 Å². The molecule has 0 N–H and O–H groups in total. The first-order valence-electron chi connectivity index (χ1n) is 21.0. The second-order valence-corrected chi connectivity index (χ2v) is 18.4. The van der Waals surface area contributed by atoms with Crippen molar-refractivity contribution in [2.24, 2.45) is 23.7 Å². The fraction of sp³-hybridized carbons (Fsp3) is 0.236. The minimum absolute atomic E-state index is 0.0275. The van der Waals surface area contributed by atoms with Crippen LogP contribution >= 0.6 is 0 Å². The van der Waals surface area contributed by atoms with Crippen molar-refractivity contribution in [1.29, 1.82) is 0 Å². The molecule has 1 nitrogen and oxygen atoms in total. The minimum Gasteiger partial charge on any atom is -0.455 e. The predicted molar refractivity (Wildman–Crippen MR) is 231 cm³/mol. The number of rotatable bonds is 3. The Bertz CT molecular complexity index is 2920. The Hall–Kier alpha value is -5.66. The molecule has 270 valence electrons. The molecule has 8 aromatic rings. The Kier molecular flexibility index (Phi) is 6.20. The molecular weight excluding hydrogens is 677 g/mol. The van der Waals surface area contributed by atoms with E-state index in [1.165, 1.54) is 110 Å². The van der Waals surface area contributed by atoms with E-state index in [2.05, 4.69) is 159 Å². The molecule has 14 rings (SSSR count).